The van der Waals surface area contributed by atoms with Crippen molar-refractivity contribution in [3.8, 4) is 0 Å². The van der Waals surface area contributed by atoms with Crippen LogP contribution >= 0.6 is 0 Å². The molecule has 7 nitrogen and oxygen atoms in total. The molecule has 0 atom stereocenters. The van der Waals surface area contributed by atoms with Crippen LogP contribution in [0.25, 0.3) is 0 Å². The van der Waals surface area contributed by atoms with Gasteiger partial charge in [0, 0.05) is 46.3 Å². The van der Waals surface area contributed by atoms with Gasteiger partial charge in [0.25, 0.3) is 0 Å². The lowest BCUT2D eigenvalue weighted by Gasteiger charge is -2.35. The minimum atomic E-state index is -3.47. The first-order chi connectivity index (χ1) is 13.8. The molecule has 1 aliphatic heterocycles. The number of hydrogen-bond donors (Lipinski definition) is 0. The van der Waals surface area contributed by atoms with Gasteiger partial charge in [-0.15, -0.1) is 0 Å². The van der Waals surface area contributed by atoms with Crippen LogP contribution in [0, 0.1) is 6.92 Å². The van der Waals surface area contributed by atoms with Crippen molar-refractivity contribution in [2.24, 2.45) is 0 Å². The summed E-state index contributed by atoms with van der Waals surface area (Å²) in [6.07, 6.45) is 4.37. The average molecular weight is 416 g/mol. The van der Waals surface area contributed by atoms with Gasteiger partial charge in [0.15, 0.2) is 0 Å². The third-order valence-electron chi connectivity index (χ3n) is 5.79. The Balaban J connectivity index is 1.49. The molecule has 29 heavy (non-hydrogen) atoms. The van der Waals surface area contributed by atoms with E-state index < -0.39 is 10.0 Å². The molecule has 0 spiro atoms. The Bertz CT molecular complexity index is 998. The van der Waals surface area contributed by atoms with E-state index in [4.69, 9.17) is 0 Å². The zero-order valence-electron chi connectivity index (χ0n) is 17.4. The predicted octanol–water partition coefficient (Wildman–Crippen LogP) is 2.24. The Labute approximate surface area is 173 Å². The highest BCUT2D eigenvalue weighted by molar-refractivity contribution is 7.89. The molecule has 156 valence electrons. The molecule has 0 N–H and O–H groups in total. The lowest BCUT2D eigenvalue weighted by atomic mass is 9.92. The van der Waals surface area contributed by atoms with E-state index in [0.717, 1.165) is 36.7 Å². The summed E-state index contributed by atoms with van der Waals surface area (Å²) in [5.41, 5.74) is 2.50. The molecule has 0 saturated carbocycles. The maximum atomic E-state index is 13.2. The largest absolute Gasteiger partial charge is 0.363 e. The molecule has 2 heterocycles. The highest BCUT2D eigenvalue weighted by Gasteiger charge is 2.30. The van der Waals surface area contributed by atoms with Crippen molar-refractivity contribution in [1.82, 2.24) is 14.3 Å². The Morgan fingerprint density at radius 2 is 1.62 bits per heavy atom. The third-order valence-corrected chi connectivity index (χ3v) is 7.68. The molecule has 1 saturated heterocycles. The number of benzene rings is 1. The molecule has 1 aromatic heterocycles. The number of fused-ring (bicyclic) bond motifs is 1. The molecular formula is C21H29N5O2S. The number of rotatable bonds is 4. The normalized spacial score (nSPS) is 17.8. The van der Waals surface area contributed by atoms with Gasteiger partial charge in [-0.3, -0.25) is 0 Å². The minimum absolute atomic E-state index is 0.430. The monoisotopic (exact) mass is 415 g/mol. The molecule has 0 unspecified atom stereocenters. The van der Waals surface area contributed by atoms with Gasteiger partial charge in [-0.05, 0) is 55.9 Å². The quantitative estimate of drug-likeness (QED) is 0.763. The highest BCUT2D eigenvalue weighted by Crippen LogP contribution is 2.27. The Morgan fingerprint density at radius 1 is 0.931 bits per heavy atom. The summed E-state index contributed by atoms with van der Waals surface area (Å²) in [5, 5.41) is 0. The topological polar surface area (TPSA) is 69.6 Å². The first-order valence-corrected chi connectivity index (χ1v) is 11.7. The maximum Gasteiger partial charge on any atom is 0.243 e. The van der Waals surface area contributed by atoms with Crippen LogP contribution in [-0.4, -0.2) is 63.0 Å². The number of aromatic nitrogens is 2. The summed E-state index contributed by atoms with van der Waals surface area (Å²) in [7, 11) is 0.441. The van der Waals surface area contributed by atoms with Crippen molar-refractivity contribution in [1.29, 1.82) is 0 Å². The number of sulfonamides is 1. The summed E-state index contributed by atoms with van der Waals surface area (Å²) in [6.45, 7) is 4.04. The van der Waals surface area contributed by atoms with E-state index in [2.05, 4.69) is 14.9 Å². The molecule has 4 rings (SSSR count). The molecule has 8 heteroatoms. The Hall–Kier alpha value is -2.19. The average Bonchev–Trinajstić information content (AvgIpc) is 2.73. The van der Waals surface area contributed by atoms with Crippen LogP contribution in [0.1, 0.15) is 29.8 Å². The molecule has 1 aromatic carbocycles. The van der Waals surface area contributed by atoms with Gasteiger partial charge in [-0.25, -0.2) is 18.4 Å². The first-order valence-electron chi connectivity index (χ1n) is 10.2. The third kappa shape index (κ3) is 4.09. The summed E-state index contributed by atoms with van der Waals surface area (Å²) in [4.78, 5) is 13.5. The fraction of sp³-hybridized carbons (Fsp3) is 0.524. The molecule has 0 radical (unpaired) electrons. The van der Waals surface area contributed by atoms with Crippen LogP contribution < -0.4 is 9.80 Å². The second-order valence-electron chi connectivity index (χ2n) is 8.05. The van der Waals surface area contributed by atoms with Gasteiger partial charge in [0.2, 0.25) is 10.0 Å². The summed E-state index contributed by atoms with van der Waals surface area (Å²) >= 11 is 0. The van der Waals surface area contributed by atoms with Crippen LogP contribution in [0.15, 0.2) is 29.2 Å². The second kappa shape index (κ2) is 7.91. The molecule has 2 aliphatic rings. The predicted molar refractivity (Wildman–Crippen MR) is 115 cm³/mol. The van der Waals surface area contributed by atoms with E-state index in [1.807, 2.05) is 44.1 Å². The number of anilines is 2. The van der Waals surface area contributed by atoms with E-state index in [0.29, 0.717) is 31.1 Å². The number of nitrogens with zero attached hydrogens (tertiary/aromatic N) is 5. The minimum Gasteiger partial charge on any atom is -0.363 e. The van der Waals surface area contributed by atoms with Crippen molar-refractivity contribution < 1.29 is 8.42 Å². The van der Waals surface area contributed by atoms with E-state index in [9.17, 15) is 8.42 Å². The maximum absolute atomic E-state index is 13.2. The number of hydrogen-bond acceptors (Lipinski definition) is 6. The van der Waals surface area contributed by atoms with E-state index in [-0.39, 0.29) is 0 Å². The van der Waals surface area contributed by atoms with Crippen LogP contribution in [0.3, 0.4) is 0 Å². The smallest absolute Gasteiger partial charge is 0.243 e. The lowest BCUT2D eigenvalue weighted by molar-refractivity contribution is 0.383. The number of piperazine rings is 1. The van der Waals surface area contributed by atoms with Crippen molar-refractivity contribution in [2.45, 2.75) is 37.5 Å². The van der Waals surface area contributed by atoms with Crippen molar-refractivity contribution in [3.05, 3.63) is 41.2 Å². The zero-order chi connectivity index (χ0) is 20.6. The summed E-state index contributed by atoms with van der Waals surface area (Å²) in [6, 6.07) is 7.64. The second-order valence-corrected chi connectivity index (χ2v) is 9.99. The number of aryl methyl sites for hydroxylation is 3. The van der Waals surface area contributed by atoms with Gasteiger partial charge in [-0.1, -0.05) is 6.07 Å². The highest BCUT2D eigenvalue weighted by atomic mass is 32.2. The van der Waals surface area contributed by atoms with E-state index >= 15 is 0 Å². The Kier molecular flexibility index (Phi) is 5.48. The van der Waals surface area contributed by atoms with Gasteiger partial charge in [0.05, 0.1) is 4.90 Å². The molecule has 1 fully saturated rings. The van der Waals surface area contributed by atoms with Crippen LogP contribution in [0.4, 0.5) is 11.6 Å². The van der Waals surface area contributed by atoms with E-state index in [1.165, 1.54) is 17.5 Å². The zero-order valence-corrected chi connectivity index (χ0v) is 18.2. The Morgan fingerprint density at radius 3 is 2.31 bits per heavy atom. The fourth-order valence-corrected chi connectivity index (χ4v) is 5.58. The van der Waals surface area contributed by atoms with Crippen LogP contribution in [0.2, 0.25) is 0 Å². The SMILES string of the molecule is Cc1nc(N(C)C)cc(N2CCN(S(=O)(=O)c3ccc4c(c3)CCCC4)CC2)n1. The van der Waals surface area contributed by atoms with Gasteiger partial charge in [0.1, 0.15) is 17.5 Å². The van der Waals surface area contributed by atoms with Gasteiger partial charge < -0.3 is 9.80 Å². The summed E-state index contributed by atoms with van der Waals surface area (Å²) in [5.74, 6) is 2.43. The van der Waals surface area contributed by atoms with Crippen LogP contribution in [-0.2, 0) is 22.9 Å². The first kappa shape index (κ1) is 20.1. The van der Waals surface area contributed by atoms with Gasteiger partial charge >= 0.3 is 0 Å². The fourth-order valence-electron chi connectivity index (χ4n) is 4.10. The van der Waals surface area contributed by atoms with Crippen molar-refractivity contribution in [2.75, 3.05) is 50.1 Å². The van der Waals surface area contributed by atoms with Gasteiger partial charge in [-0.2, -0.15) is 4.31 Å². The lowest BCUT2D eigenvalue weighted by Crippen LogP contribution is -2.49. The van der Waals surface area contributed by atoms with Crippen molar-refractivity contribution in [3.63, 3.8) is 0 Å². The molecule has 2 aromatic rings. The van der Waals surface area contributed by atoms with Crippen LogP contribution in [0.5, 0.6) is 0 Å². The molecule has 0 amide bonds. The molecule has 0 bridgehead atoms. The van der Waals surface area contributed by atoms with Crippen molar-refractivity contribution >= 4 is 21.7 Å². The molecular weight excluding hydrogens is 386 g/mol. The molecule has 1 aliphatic carbocycles. The van der Waals surface area contributed by atoms with E-state index in [1.54, 1.807) is 10.4 Å². The standard InChI is InChI=1S/C21H29N5O2S/c1-16-22-20(24(2)3)15-21(23-16)25-10-12-26(13-11-25)29(27,28)19-9-8-17-6-4-5-7-18(17)14-19/h8-9,14-15H,4-7,10-13H2,1-3H3. The summed E-state index contributed by atoms with van der Waals surface area (Å²) < 4.78 is 28.0.